The molecule has 0 heterocycles. The van der Waals surface area contributed by atoms with Gasteiger partial charge >= 0.3 is 0 Å². The molecule has 0 aliphatic rings. The lowest BCUT2D eigenvalue weighted by Gasteiger charge is -2.07. The van der Waals surface area contributed by atoms with Crippen molar-refractivity contribution in [2.45, 2.75) is 13.8 Å². The van der Waals surface area contributed by atoms with Gasteiger partial charge in [-0.05, 0) is 55.3 Å². The Morgan fingerprint density at radius 2 is 1.65 bits per heavy atom. The molecule has 3 heteroatoms. The van der Waals surface area contributed by atoms with E-state index in [4.69, 9.17) is 10.5 Å². The molecule has 0 amide bonds. The Morgan fingerprint density at radius 1 is 1.00 bits per heavy atom. The van der Waals surface area contributed by atoms with Crippen LogP contribution < -0.4 is 10.5 Å². The van der Waals surface area contributed by atoms with Crippen LogP contribution in [-0.2, 0) is 0 Å². The van der Waals surface area contributed by atoms with Crippen LogP contribution in [0.4, 0.5) is 0 Å². The first kappa shape index (κ1) is 14.3. The van der Waals surface area contributed by atoms with Crippen molar-refractivity contribution in [1.82, 2.24) is 0 Å². The zero-order chi connectivity index (χ0) is 14.5. The lowest BCUT2D eigenvalue weighted by Crippen LogP contribution is -2.10. The SMILES string of the molecule is Cc1ccc(C(=O)c2ccc(OCCN)cc2)cc1C. The fraction of sp³-hybridized carbons (Fsp3) is 0.235. The maximum Gasteiger partial charge on any atom is 0.193 e. The van der Waals surface area contributed by atoms with Crippen molar-refractivity contribution >= 4 is 5.78 Å². The zero-order valence-corrected chi connectivity index (χ0v) is 11.8. The molecule has 3 nitrogen and oxygen atoms in total. The molecule has 104 valence electrons. The number of benzene rings is 2. The van der Waals surface area contributed by atoms with E-state index >= 15 is 0 Å². The molecule has 0 radical (unpaired) electrons. The molecule has 2 aromatic rings. The van der Waals surface area contributed by atoms with Crippen LogP contribution in [0.1, 0.15) is 27.0 Å². The Bertz CT molecular complexity index is 603. The van der Waals surface area contributed by atoms with Gasteiger partial charge in [0.05, 0.1) is 0 Å². The van der Waals surface area contributed by atoms with Gasteiger partial charge in [0.25, 0.3) is 0 Å². The monoisotopic (exact) mass is 269 g/mol. The van der Waals surface area contributed by atoms with Crippen molar-refractivity contribution in [2.75, 3.05) is 13.2 Å². The van der Waals surface area contributed by atoms with Crippen molar-refractivity contribution in [2.24, 2.45) is 5.73 Å². The van der Waals surface area contributed by atoms with Crippen LogP contribution in [0, 0.1) is 13.8 Å². The number of rotatable bonds is 5. The first-order chi connectivity index (χ1) is 9.61. The standard InChI is InChI=1S/C17H19NO2/c1-12-3-4-15(11-13(12)2)17(19)14-5-7-16(8-6-14)20-10-9-18/h3-8,11H,9-10,18H2,1-2H3. The fourth-order valence-corrected chi connectivity index (χ4v) is 1.93. The number of hydrogen-bond donors (Lipinski definition) is 1. The molecule has 20 heavy (non-hydrogen) atoms. The summed E-state index contributed by atoms with van der Waals surface area (Å²) >= 11 is 0. The van der Waals surface area contributed by atoms with Gasteiger partial charge in [0.15, 0.2) is 5.78 Å². The Balaban J connectivity index is 2.18. The van der Waals surface area contributed by atoms with Gasteiger partial charge in [-0.2, -0.15) is 0 Å². The van der Waals surface area contributed by atoms with Crippen molar-refractivity contribution < 1.29 is 9.53 Å². The van der Waals surface area contributed by atoms with Crippen molar-refractivity contribution in [3.63, 3.8) is 0 Å². The summed E-state index contributed by atoms with van der Waals surface area (Å²) in [4.78, 5) is 12.4. The van der Waals surface area contributed by atoms with Crippen LogP contribution in [0.5, 0.6) is 5.75 Å². The van der Waals surface area contributed by atoms with Crippen LogP contribution in [0.15, 0.2) is 42.5 Å². The van der Waals surface area contributed by atoms with E-state index < -0.39 is 0 Å². The molecule has 0 aliphatic heterocycles. The summed E-state index contributed by atoms with van der Waals surface area (Å²) in [5.74, 6) is 0.755. The normalized spacial score (nSPS) is 10.3. The Labute approximate surface area is 119 Å². The summed E-state index contributed by atoms with van der Waals surface area (Å²) in [5, 5.41) is 0. The summed E-state index contributed by atoms with van der Waals surface area (Å²) in [6.07, 6.45) is 0. The number of aryl methyl sites for hydroxylation is 2. The van der Waals surface area contributed by atoms with Gasteiger partial charge in [-0.1, -0.05) is 12.1 Å². The number of ether oxygens (including phenoxy) is 1. The highest BCUT2D eigenvalue weighted by molar-refractivity contribution is 6.09. The average molecular weight is 269 g/mol. The quantitative estimate of drug-likeness (QED) is 0.849. The molecule has 0 unspecified atom stereocenters. The van der Waals surface area contributed by atoms with Gasteiger partial charge in [0.2, 0.25) is 0 Å². The number of hydrogen-bond acceptors (Lipinski definition) is 3. The second-order valence-electron chi connectivity index (χ2n) is 4.79. The number of ketones is 1. The summed E-state index contributed by atoms with van der Waals surface area (Å²) in [6, 6.07) is 12.9. The van der Waals surface area contributed by atoms with E-state index in [9.17, 15) is 4.79 Å². The fourth-order valence-electron chi connectivity index (χ4n) is 1.93. The lowest BCUT2D eigenvalue weighted by molar-refractivity contribution is 0.103. The summed E-state index contributed by atoms with van der Waals surface area (Å²) < 4.78 is 5.39. The predicted octanol–water partition coefficient (Wildman–Crippen LogP) is 2.87. The number of carbonyl (C=O) groups is 1. The molecule has 0 spiro atoms. The molecule has 2 aromatic carbocycles. The Morgan fingerprint density at radius 3 is 2.25 bits per heavy atom. The minimum absolute atomic E-state index is 0.0264. The molecule has 0 saturated heterocycles. The highest BCUT2D eigenvalue weighted by atomic mass is 16.5. The molecule has 0 fully saturated rings. The molecule has 0 bridgehead atoms. The van der Waals surface area contributed by atoms with Crippen LogP contribution in [0.25, 0.3) is 0 Å². The van der Waals surface area contributed by atoms with E-state index in [0.717, 1.165) is 11.3 Å². The topological polar surface area (TPSA) is 52.3 Å². The number of nitrogens with two attached hydrogens (primary N) is 1. The zero-order valence-electron chi connectivity index (χ0n) is 11.8. The summed E-state index contributed by atoms with van der Waals surface area (Å²) in [5.41, 5.74) is 9.06. The Kier molecular flexibility index (Phi) is 4.53. The van der Waals surface area contributed by atoms with Crippen LogP contribution in [0.2, 0.25) is 0 Å². The third kappa shape index (κ3) is 3.25. The molecule has 0 aliphatic carbocycles. The lowest BCUT2D eigenvalue weighted by atomic mass is 9.99. The molecular formula is C17H19NO2. The third-order valence-electron chi connectivity index (χ3n) is 3.27. The average Bonchev–Trinajstić information content (AvgIpc) is 2.48. The highest BCUT2D eigenvalue weighted by Crippen LogP contribution is 2.17. The van der Waals surface area contributed by atoms with Crippen molar-refractivity contribution in [1.29, 1.82) is 0 Å². The third-order valence-corrected chi connectivity index (χ3v) is 3.27. The molecule has 0 atom stereocenters. The minimum atomic E-state index is 0.0264. The van der Waals surface area contributed by atoms with Crippen LogP contribution in [0.3, 0.4) is 0 Å². The van der Waals surface area contributed by atoms with Crippen LogP contribution >= 0.6 is 0 Å². The van der Waals surface area contributed by atoms with E-state index in [1.807, 2.05) is 32.0 Å². The van der Waals surface area contributed by atoms with E-state index in [2.05, 4.69) is 0 Å². The number of carbonyl (C=O) groups excluding carboxylic acids is 1. The second kappa shape index (κ2) is 6.35. The van der Waals surface area contributed by atoms with Crippen molar-refractivity contribution in [3.8, 4) is 5.75 Å². The van der Waals surface area contributed by atoms with Crippen LogP contribution in [-0.4, -0.2) is 18.9 Å². The molecule has 0 saturated carbocycles. The van der Waals surface area contributed by atoms with Gasteiger partial charge in [0, 0.05) is 17.7 Å². The first-order valence-electron chi connectivity index (χ1n) is 6.66. The molecule has 2 N–H and O–H groups in total. The van der Waals surface area contributed by atoms with E-state index in [1.165, 1.54) is 5.56 Å². The van der Waals surface area contributed by atoms with E-state index in [0.29, 0.717) is 24.3 Å². The van der Waals surface area contributed by atoms with E-state index in [1.54, 1.807) is 24.3 Å². The van der Waals surface area contributed by atoms with Gasteiger partial charge in [0.1, 0.15) is 12.4 Å². The molecular weight excluding hydrogens is 250 g/mol. The maximum absolute atomic E-state index is 12.4. The maximum atomic E-state index is 12.4. The highest BCUT2D eigenvalue weighted by Gasteiger charge is 2.09. The van der Waals surface area contributed by atoms with Gasteiger partial charge in [-0.3, -0.25) is 4.79 Å². The summed E-state index contributed by atoms with van der Waals surface area (Å²) in [7, 11) is 0. The van der Waals surface area contributed by atoms with Gasteiger partial charge in [-0.15, -0.1) is 0 Å². The minimum Gasteiger partial charge on any atom is -0.492 e. The second-order valence-corrected chi connectivity index (χ2v) is 4.79. The van der Waals surface area contributed by atoms with Gasteiger partial charge in [-0.25, -0.2) is 0 Å². The van der Waals surface area contributed by atoms with E-state index in [-0.39, 0.29) is 5.78 Å². The molecule has 2 rings (SSSR count). The largest absolute Gasteiger partial charge is 0.492 e. The smallest absolute Gasteiger partial charge is 0.193 e. The van der Waals surface area contributed by atoms with Crippen molar-refractivity contribution in [3.05, 3.63) is 64.7 Å². The van der Waals surface area contributed by atoms with Gasteiger partial charge < -0.3 is 10.5 Å². The first-order valence-corrected chi connectivity index (χ1v) is 6.66. The predicted molar refractivity (Wildman–Crippen MR) is 80.3 cm³/mol. The summed E-state index contributed by atoms with van der Waals surface area (Å²) in [6.45, 7) is 5.00. The molecule has 0 aromatic heterocycles. The Hall–Kier alpha value is -2.13.